The Balaban J connectivity index is -0.000000425. The second-order valence-electron chi connectivity index (χ2n) is 41.0. The number of anilines is 1. The number of fused-ring (bicyclic) bond motifs is 2. The highest BCUT2D eigenvalue weighted by Gasteiger charge is 2.43. The highest BCUT2D eigenvalue weighted by Crippen LogP contribution is 2.34. The fourth-order valence-electron chi connectivity index (χ4n) is 11.2. The number of likely N-dealkylation sites (N-methyl/N-ethyl adjacent to an activating group) is 1. The number of ketones is 6. The van der Waals surface area contributed by atoms with E-state index in [2.05, 4.69) is 88.5 Å². The van der Waals surface area contributed by atoms with E-state index in [9.17, 15) is 68.4 Å². The number of nitrogens with two attached hydrogens (primary N) is 1. The maximum atomic E-state index is 12.0. The number of unbranched alkanes of at least 4 members (excludes halogenated alkanes) is 1. The van der Waals surface area contributed by atoms with Gasteiger partial charge in [0.15, 0.2) is 5.78 Å². The zero-order valence-corrected chi connectivity index (χ0v) is 80.5. The van der Waals surface area contributed by atoms with Crippen LogP contribution < -0.4 is 32.3 Å². The van der Waals surface area contributed by atoms with Gasteiger partial charge in [-0.1, -0.05) is 184 Å². The van der Waals surface area contributed by atoms with E-state index >= 15 is 0 Å². The van der Waals surface area contributed by atoms with Crippen molar-refractivity contribution in [2.24, 2.45) is 44.1 Å². The maximum absolute atomic E-state index is 12.0. The minimum absolute atomic E-state index is 0. The Bertz CT molecular complexity index is 3510. The van der Waals surface area contributed by atoms with Crippen molar-refractivity contribution in [1.29, 1.82) is 0 Å². The van der Waals surface area contributed by atoms with Crippen molar-refractivity contribution in [3.8, 4) is 5.75 Å². The van der Waals surface area contributed by atoms with Crippen LogP contribution in [0.5, 0.6) is 5.75 Å². The number of nitrogens with zero attached hydrogens (tertiary/aromatic N) is 4. The number of pyridine rings is 1. The van der Waals surface area contributed by atoms with E-state index in [1.807, 2.05) is 197 Å². The molecule has 5 rings (SSSR count). The molecule has 0 aliphatic carbocycles. The second kappa shape index (κ2) is 55.5. The van der Waals surface area contributed by atoms with E-state index in [4.69, 9.17) is 15.9 Å². The molecule has 14 N–H and O–H groups in total. The van der Waals surface area contributed by atoms with E-state index in [0.29, 0.717) is 95.4 Å². The number of hydrogen-bond donors (Lipinski definition) is 13. The number of H-pyrrole nitrogens is 1. The smallest absolute Gasteiger partial charge is 0.320 e. The number of aliphatic hydroxyl groups excluding tert-OH is 4. The molecule has 5 heterocycles. The molecule has 0 spiro atoms. The summed E-state index contributed by atoms with van der Waals surface area (Å²) in [6, 6.07) is -0.390. The number of carbonyl (C=O) groups excluding carboxylic acids is 9. The fourth-order valence-corrected chi connectivity index (χ4v) is 12.7. The number of aliphatic carboxylic acids is 1. The average molecular weight is 1730 g/mol. The summed E-state index contributed by atoms with van der Waals surface area (Å²) in [5.74, 6) is 1.76. The Morgan fingerprint density at radius 1 is 0.686 bits per heavy atom. The van der Waals surface area contributed by atoms with Crippen molar-refractivity contribution in [3.63, 3.8) is 0 Å². The van der Waals surface area contributed by atoms with Crippen LogP contribution in [0.3, 0.4) is 0 Å². The number of thioether (sulfide) groups is 1. The van der Waals surface area contributed by atoms with Crippen LogP contribution in [0.4, 0.5) is 10.6 Å². The quantitative estimate of drug-likeness (QED) is 0.0144. The minimum atomic E-state index is -1.17. The summed E-state index contributed by atoms with van der Waals surface area (Å²) >= 11 is 1.94. The molecule has 121 heavy (non-hydrogen) atoms. The molecule has 4 amide bonds. The van der Waals surface area contributed by atoms with Gasteiger partial charge in [0.2, 0.25) is 5.91 Å². The lowest BCUT2D eigenvalue weighted by Crippen LogP contribution is -2.50. The number of aromatic hydroxyl groups is 1. The standard InChI is InChI=1S/C14H24N2O2S.C14H26O4.C12H20N2O2.C12H22O.C11H24NO2.C10H18O.C9H14N4O.C9H18N2O3.2CH4/c1-14(2,3)11(17)7-5-4-6-10-12-9(8-19-10)15-13(18)16-12;1-13(2,3)11(17)8-6-7-10(16)12(18)14(4,5)9-15;1-8-11(16)10(6-14-12(2,3)4)9(7-15)5-13-8;1-6-7-8-9-12(4,5)11(13)10(2)3;1-11(2,3)10(14)7-9(13)8-12(4,5)6;1-5-6-7-8-9(11)10(2,3)4;1-9(2,3)13-5-10-7-6(8(13)14)4-11-12-7;1-9(2,3)11-7(12)5-4-6(10)8(13)14;;/h9-10,12H,4-8H2,1-3H3,(H2,15,16,18);12,15,18H,6-9H2,1-5H3;5,14-16H,6-7H2,1-4H3;7-8,10H,6,9H2,1-5H3;9,13H,7-8H2,1-6H3;6-7H,5,8H2,1-4H3;4H,5H2,1-3H3,(H2,10,11,12);6H,4-5,10H2,1-3H3,(H,11,12)(H,13,14);2*1H4/q;;;;+1;;;;;/b;;;8-7-;;7-6-;;;;/t9-,10-,12-;12-;;;;;;6-;;/m00.....0../s1. The summed E-state index contributed by atoms with van der Waals surface area (Å²) in [7, 11) is 6.01. The normalized spacial score (nSPS) is 16.1. The van der Waals surface area contributed by atoms with Crippen molar-refractivity contribution in [2.75, 3.05) is 52.0 Å². The summed E-state index contributed by atoms with van der Waals surface area (Å²) < 4.78 is 0.679. The first-order valence-electron chi connectivity index (χ1n) is 42.3. The second-order valence-corrected chi connectivity index (χ2v) is 42.2. The third-order valence-electron chi connectivity index (χ3n) is 19.1. The average Bonchev–Trinajstić information content (AvgIpc) is 1.72. The van der Waals surface area contributed by atoms with Gasteiger partial charge < -0.3 is 72.3 Å². The third kappa shape index (κ3) is 53.2. The number of hydrogen-bond acceptors (Lipinski definition) is 21. The summed E-state index contributed by atoms with van der Waals surface area (Å²) in [5, 5.41) is 78.2. The van der Waals surface area contributed by atoms with E-state index in [0.717, 1.165) is 55.7 Å². The molecule has 2 aromatic heterocycles. The lowest BCUT2D eigenvalue weighted by molar-refractivity contribution is -0.873. The first-order chi connectivity index (χ1) is 53.9. The fraction of sp³-hybridized carbons (Fsp3) is 0.763. The van der Waals surface area contributed by atoms with E-state index < -0.39 is 29.6 Å². The van der Waals surface area contributed by atoms with Gasteiger partial charge in [-0.05, 0) is 114 Å². The number of quaternary nitrogens is 1. The van der Waals surface area contributed by atoms with Gasteiger partial charge in [-0.15, -0.1) is 0 Å². The molecule has 2 aromatic rings. The first-order valence-corrected chi connectivity index (χ1v) is 43.3. The molecule has 3 aliphatic rings. The Morgan fingerprint density at radius 3 is 1.64 bits per heavy atom. The van der Waals surface area contributed by atoms with Crippen LogP contribution >= 0.6 is 11.8 Å². The number of urea groups is 1. The number of aliphatic hydroxyl groups is 4. The molecule has 0 bridgehead atoms. The topological polar surface area (TPSA) is 423 Å². The van der Waals surface area contributed by atoms with E-state index in [-0.39, 0.29) is 150 Å². The lowest BCUT2D eigenvalue weighted by Gasteiger charge is -2.38. The zero-order chi connectivity index (χ0) is 93.6. The number of carboxylic acids is 1. The van der Waals surface area contributed by atoms with Gasteiger partial charge in [-0.3, -0.25) is 53.2 Å². The van der Waals surface area contributed by atoms with Crippen molar-refractivity contribution in [2.45, 2.75) is 378 Å². The molecule has 702 valence electrons. The van der Waals surface area contributed by atoms with Crippen molar-refractivity contribution in [3.05, 3.63) is 59.1 Å². The molecule has 28 heteroatoms. The van der Waals surface area contributed by atoms with Gasteiger partial charge in [-0.25, -0.2) is 4.79 Å². The van der Waals surface area contributed by atoms with Crippen LogP contribution in [0.25, 0.3) is 0 Å². The summed E-state index contributed by atoms with van der Waals surface area (Å²) in [6.07, 6.45) is 18.5. The predicted octanol–water partition coefficient (Wildman–Crippen LogP) is 15.5. The highest BCUT2D eigenvalue weighted by atomic mass is 32.2. The third-order valence-corrected chi connectivity index (χ3v) is 20.6. The van der Waals surface area contributed by atoms with Crippen molar-refractivity contribution < 1.29 is 83.1 Å². The monoisotopic (exact) mass is 1730 g/mol. The van der Waals surface area contributed by atoms with Crippen LogP contribution in [-0.2, 0) is 51.5 Å². The number of nitrogens with one attached hydrogen (secondary N) is 6. The summed E-state index contributed by atoms with van der Waals surface area (Å²) in [5.41, 5.74) is 5.22. The largest absolute Gasteiger partial charge is 0.506 e. The van der Waals surface area contributed by atoms with E-state index in [1.165, 1.54) is 0 Å². The molecule has 6 atom stereocenters. The van der Waals surface area contributed by atoms with Crippen LogP contribution in [0, 0.1) is 45.3 Å². The molecular formula is C93H174N11O16S+. The Labute approximate surface area is 735 Å². The number of rotatable bonds is 31. The van der Waals surface area contributed by atoms with Crippen LogP contribution in [0.1, 0.15) is 333 Å². The maximum Gasteiger partial charge on any atom is 0.320 e. The van der Waals surface area contributed by atoms with Gasteiger partial charge in [0.25, 0.3) is 5.91 Å². The zero-order valence-electron chi connectivity index (χ0n) is 79.7. The molecule has 0 saturated carbocycles. The Morgan fingerprint density at radius 2 is 1.20 bits per heavy atom. The number of carbonyl (C=O) groups is 10. The molecule has 1 unspecified atom stereocenters. The number of aryl methyl sites for hydroxylation is 1. The number of Topliss-reactive ketones (excluding diaryl/α,β-unsaturated/α-hetero) is 6. The molecule has 0 aromatic carbocycles. The predicted molar refractivity (Wildman–Crippen MR) is 495 cm³/mol. The molecule has 27 nitrogen and oxygen atoms in total. The summed E-state index contributed by atoms with van der Waals surface area (Å²) in [6.45, 7) is 59.2. The Kier molecular flexibility index (Phi) is 56.3. The Hall–Kier alpha value is -6.79. The van der Waals surface area contributed by atoms with Crippen molar-refractivity contribution in [1.82, 2.24) is 41.3 Å². The first kappa shape index (κ1) is 123. The van der Waals surface area contributed by atoms with Gasteiger partial charge in [0, 0.05) is 128 Å². The molecule has 2 fully saturated rings. The molecule has 3 aliphatic heterocycles. The number of allylic oxidation sites excluding steroid dienone is 4. The lowest BCUT2D eigenvalue weighted by atomic mass is 9.79. The number of aromatic amines is 1. The summed E-state index contributed by atoms with van der Waals surface area (Å²) in [4.78, 5) is 120. The van der Waals surface area contributed by atoms with Crippen LogP contribution in [0.15, 0.2) is 36.7 Å². The van der Waals surface area contributed by atoms with Crippen molar-refractivity contribution >= 4 is 76.1 Å². The number of carboxylic acid groups (broad SMARTS) is 1. The minimum Gasteiger partial charge on any atom is -0.506 e. The van der Waals surface area contributed by atoms with Gasteiger partial charge in [-0.2, -0.15) is 16.9 Å². The van der Waals surface area contributed by atoms with E-state index in [1.54, 1.807) is 38.1 Å². The number of aromatic nitrogens is 3. The van der Waals surface area contributed by atoms with Gasteiger partial charge in [0.05, 0.1) is 65.0 Å². The van der Waals surface area contributed by atoms with Crippen LogP contribution in [0.2, 0.25) is 0 Å². The number of amides is 4. The van der Waals surface area contributed by atoms with Gasteiger partial charge in [0.1, 0.15) is 70.8 Å². The van der Waals surface area contributed by atoms with Crippen LogP contribution in [-0.4, -0.2) is 213 Å². The molecule has 2 saturated heterocycles. The SMILES string of the molecule is C.C.CC(C)(C)C(=O)CC(O)C[N+](C)(C)C.CC(C)(C)C(=O)CCCC(=O)[C@H](O)C(C)(C)CO.CC(C)(C)C(=O)CCCC[C@@H]1SC[C@@H]2NC(=O)N[C@@H]21.CC(C)(C)N1CNc2[nH]ncc2C1=O.CC(C)(C)NC(=O)CC[C@H](N)C(=O)O.CC/C=C\CC(=O)C(C)(C)C.CC/C=C\CC(C)(C)C(=O)C(C)C.Cc1ncc(CO)c(CNC(C)(C)C)c1O. The van der Waals surface area contributed by atoms with Gasteiger partial charge >= 0.3 is 12.0 Å². The highest BCUT2D eigenvalue weighted by molar-refractivity contribution is 8.00. The molecule has 0 radical (unpaired) electrons. The molecular weight excluding hydrogens is 1560 g/mol.